The van der Waals surface area contributed by atoms with Gasteiger partial charge in [0, 0.05) is 90.6 Å². The second kappa shape index (κ2) is 14.3. The van der Waals surface area contributed by atoms with Gasteiger partial charge >= 0.3 is 0 Å². The maximum absolute atomic E-state index is 4.35. The molecule has 0 unspecified atom stereocenters. The third-order valence-electron chi connectivity index (χ3n) is 13.6. The third-order valence-corrected chi connectivity index (χ3v) is 13.6. The second-order valence-corrected chi connectivity index (χ2v) is 17.0. The molecule has 14 aromatic rings. The topological polar surface area (TPSA) is 42.1 Å². The molecule has 66 heavy (non-hydrogen) atoms. The van der Waals surface area contributed by atoms with Crippen LogP contribution in [0.5, 0.6) is 0 Å². The molecule has 308 valence electrons. The Morgan fingerprint density at radius 2 is 0.667 bits per heavy atom. The fraction of sp³-hybridized carbons (Fsp3) is 0. The number of fused-ring (bicyclic) bond motifs is 1. The van der Waals surface area contributed by atoms with Crippen molar-refractivity contribution in [3.8, 4) is 11.4 Å². The van der Waals surface area contributed by atoms with Gasteiger partial charge in [-0.05, 0) is 108 Å². The number of hydrogen-bond donors (Lipinski definition) is 0. The van der Waals surface area contributed by atoms with Crippen molar-refractivity contribution in [1.82, 2.24) is 19.1 Å². The van der Waals surface area contributed by atoms with E-state index in [1.807, 2.05) is 24.8 Å². The van der Waals surface area contributed by atoms with Gasteiger partial charge in [0.25, 0.3) is 0 Å². The molecule has 0 saturated heterocycles. The molecule has 0 fully saturated rings. The molecule has 4 heterocycles. The van der Waals surface area contributed by atoms with Gasteiger partial charge in [0.15, 0.2) is 0 Å². The lowest BCUT2D eigenvalue weighted by molar-refractivity contribution is 1.16. The van der Waals surface area contributed by atoms with Gasteiger partial charge in [0.1, 0.15) is 0 Å². The van der Waals surface area contributed by atoms with Crippen molar-refractivity contribution in [2.75, 3.05) is 9.80 Å². The van der Waals surface area contributed by atoms with E-state index in [-0.39, 0.29) is 0 Å². The van der Waals surface area contributed by atoms with E-state index in [0.717, 1.165) is 56.3 Å². The molecule has 4 aromatic heterocycles. The molecule has 0 radical (unpaired) electrons. The Labute approximate surface area is 379 Å². The molecule has 10 aromatic carbocycles. The van der Waals surface area contributed by atoms with Crippen LogP contribution < -0.4 is 9.80 Å². The van der Waals surface area contributed by atoms with Crippen LogP contribution in [0.25, 0.3) is 87.3 Å². The minimum Gasteiger partial charge on any atom is -0.309 e. The summed E-state index contributed by atoms with van der Waals surface area (Å²) in [6.07, 6.45) is 7.49. The highest BCUT2D eigenvalue weighted by Crippen LogP contribution is 2.50. The smallest absolute Gasteiger partial charge is 0.0548 e. The van der Waals surface area contributed by atoms with Gasteiger partial charge in [0.2, 0.25) is 0 Å². The van der Waals surface area contributed by atoms with Gasteiger partial charge in [0.05, 0.1) is 44.8 Å². The highest BCUT2D eigenvalue weighted by Gasteiger charge is 2.26. The van der Waals surface area contributed by atoms with E-state index in [1.165, 1.54) is 65.2 Å². The van der Waals surface area contributed by atoms with E-state index in [1.54, 1.807) is 0 Å². The summed E-state index contributed by atoms with van der Waals surface area (Å²) in [5.41, 5.74) is 13.5. The summed E-state index contributed by atoms with van der Waals surface area (Å²) in [5.74, 6) is 0. The number of para-hydroxylation sites is 2. The molecule has 0 amide bonds. The summed E-state index contributed by atoms with van der Waals surface area (Å²) in [6, 6.07) is 75.2. The first-order chi connectivity index (χ1) is 32.8. The predicted molar refractivity (Wildman–Crippen MR) is 275 cm³/mol. The van der Waals surface area contributed by atoms with E-state index in [0.29, 0.717) is 0 Å². The van der Waals surface area contributed by atoms with E-state index in [9.17, 15) is 0 Å². The molecule has 6 nitrogen and oxygen atoms in total. The van der Waals surface area contributed by atoms with Crippen LogP contribution in [0.15, 0.2) is 231 Å². The quantitative estimate of drug-likeness (QED) is 0.143. The molecule has 0 bridgehead atoms. The van der Waals surface area contributed by atoms with Crippen LogP contribution in [0.2, 0.25) is 0 Å². The molecule has 0 spiro atoms. The number of rotatable bonds is 8. The maximum Gasteiger partial charge on any atom is 0.0548 e. The molecule has 0 aliphatic heterocycles. The molecular formula is C60H38N6. The summed E-state index contributed by atoms with van der Waals surface area (Å²) in [5, 5.41) is 12.2. The van der Waals surface area contributed by atoms with Crippen molar-refractivity contribution in [2.45, 2.75) is 0 Å². The molecule has 0 aliphatic rings. The number of pyridine rings is 2. The minimum atomic E-state index is 1.09. The van der Waals surface area contributed by atoms with E-state index in [2.05, 4.69) is 235 Å². The monoisotopic (exact) mass is 842 g/mol. The van der Waals surface area contributed by atoms with Crippen molar-refractivity contribution in [3.63, 3.8) is 0 Å². The molecule has 0 saturated carbocycles. The maximum atomic E-state index is 4.35. The van der Waals surface area contributed by atoms with Crippen LogP contribution in [0, 0.1) is 0 Å². The van der Waals surface area contributed by atoms with Gasteiger partial charge in [-0.25, -0.2) is 0 Å². The first-order valence-corrected chi connectivity index (χ1v) is 22.4. The van der Waals surface area contributed by atoms with E-state index < -0.39 is 0 Å². The van der Waals surface area contributed by atoms with Gasteiger partial charge in [-0.1, -0.05) is 109 Å². The van der Waals surface area contributed by atoms with Crippen molar-refractivity contribution in [2.24, 2.45) is 0 Å². The average molecular weight is 843 g/mol. The van der Waals surface area contributed by atoms with Gasteiger partial charge < -0.3 is 18.9 Å². The number of benzene rings is 10. The Morgan fingerprint density at radius 1 is 0.273 bits per heavy atom. The summed E-state index contributed by atoms with van der Waals surface area (Å²) in [7, 11) is 0. The van der Waals surface area contributed by atoms with Crippen LogP contribution >= 0.6 is 0 Å². The molecule has 14 rings (SSSR count). The zero-order valence-corrected chi connectivity index (χ0v) is 35.6. The van der Waals surface area contributed by atoms with Crippen molar-refractivity contribution < 1.29 is 0 Å². The zero-order valence-electron chi connectivity index (χ0n) is 35.6. The Balaban J connectivity index is 1.01. The SMILES string of the molecule is c1ccc(N(c2cccc3c(N(c4ccccc4)c4ccc5c6c4ccc4cccc(c46)n5-c4ccncc4)cccc23)c2ccc3c4c2ccc2cccc(c24)n3-c2ccncc2)cc1. The largest absolute Gasteiger partial charge is 0.309 e. The highest BCUT2D eigenvalue weighted by atomic mass is 15.2. The fourth-order valence-corrected chi connectivity index (χ4v) is 10.9. The Kier molecular flexibility index (Phi) is 7.88. The third kappa shape index (κ3) is 5.24. The summed E-state index contributed by atoms with van der Waals surface area (Å²) in [4.78, 5) is 13.6. The first kappa shape index (κ1) is 36.5. The van der Waals surface area contributed by atoms with Crippen LogP contribution in [0.1, 0.15) is 0 Å². The Hall–Kier alpha value is -9.00. The van der Waals surface area contributed by atoms with Gasteiger partial charge in [-0.2, -0.15) is 0 Å². The van der Waals surface area contributed by atoms with Crippen LogP contribution in [-0.4, -0.2) is 19.1 Å². The minimum absolute atomic E-state index is 1.09. The summed E-state index contributed by atoms with van der Waals surface area (Å²) in [6.45, 7) is 0. The first-order valence-electron chi connectivity index (χ1n) is 22.4. The lowest BCUT2D eigenvalue weighted by Gasteiger charge is -2.31. The number of anilines is 6. The lowest BCUT2D eigenvalue weighted by Crippen LogP contribution is -2.13. The number of hydrogen-bond acceptors (Lipinski definition) is 4. The summed E-state index contributed by atoms with van der Waals surface area (Å²) >= 11 is 0. The number of aromatic nitrogens is 4. The van der Waals surface area contributed by atoms with Crippen molar-refractivity contribution in [3.05, 3.63) is 231 Å². The van der Waals surface area contributed by atoms with E-state index >= 15 is 0 Å². The van der Waals surface area contributed by atoms with Crippen LogP contribution in [0.3, 0.4) is 0 Å². The highest BCUT2D eigenvalue weighted by molar-refractivity contribution is 6.29. The molecule has 0 N–H and O–H groups in total. The molecular weight excluding hydrogens is 805 g/mol. The van der Waals surface area contributed by atoms with E-state index in [4.69, 9.17) is 0 Å². The number of nitrogens with zero attached hydrogens (tertiary/aromatic N) is 6. The molecule has 0 aliphatic carbocycles. The predicted octanol–water partition coefficient (Wildman–Crippen LogP) is 15.9. The van der Waals surface area contributed by atoms with Crippen molar-refractivity contribution in [1.29, 1.82) is 0 Å². The van der Waals surface area contributed by atoms with Crippen molar-refractivity contribution >= 4 is 110 Å². The Morgan fingerprint density at radius 3 is 1.11 bits per heavy atom. The van der Waals surface area contributed by atoms with Crippen LogP contribution in [0.4, 0.5) is 34.1 Å². The second-order valence-electron chi connectivity index (χ2n) is 17.0. The van der Waals surface area contributed by atoms with Gasteiger partial charge in [-0.15, -0.1) is 0 Å². The van der Waals surface area contributed by atoms with Gasteiger partial charge in [-0.3, -0.25) is 9.97 Å². The normalized spacial score (nSPS) is 11.9. The van der Waals surface area contributed by atoms with Crippen LogP contribution in [-0.2, 0) is 0 Å². The molecule has 6 heteroatoms. The average Bonchev–Trinajstić information content (AvgIpc) is 3.92. The zero-order chi connectivity index (χ0) is 43.3. The lowest BCUT2D eigenvalue weighted by atomic mass is 9.98. The fourth-order valence-electron chi connectivity index (χ4n) is 10.9. The standard InChI is InChI=1S/C60H38N6/c1-3-13-41(14-4-1)63(51-27-29-55-59-47(51)25-23-39-11-7-21-53(57(39)59)65(55)43-31-35-61-36-32-43)49-19-9-18-46-45(49)17-10-20-50(46)64(42-15-5-2-6-16-42)52-28-30-56-60-48(52)26-24-40-12-8-22-54(58(40)60)66(56)44-33-37-62-38-34-44/h1-38H. The molecule has 0 atom stereocenters. The summed E-state index contributed by atoms with van der Waals surface area (Å²) < 4.78 is 4.76. The Bertz CT molecular complexity index is 3840.